The summed E-state index contributed by atoms with van der Waals surface area (Å²) >= 11 is 0. The molecule has 1 amide bonds. The fourth-order valence-corrected chi connectivity index (χ4v) is 1.06. The van der Waals surface area contributed by atoms with Gasteiger partial charge in [0, 0.05) is 6.54 Å². The van der Waals surface area contributed by atoms with E-state index in [2.05, 4.69) is 19.2 Å². The fraction of sp³-hybridized carbons (Fsp3) is 0.727. The highest BCUT2D eigenvalue weighted by molar-refractivity contribution is 5.66. The molecule has 0 aliphatic heterocycles. The lowest BCUT2D eigenvalue weighted by Crippen LogP contribution is -2.25. The fourth-order valence-electron chi connectivity index (χ4n) is 1.06. The zero-order chi connectivity index (χ0) is 10.6. The van der Waals surface area contributed by atoms with Crippen LogP contribution in [0.2, 0.25) is 0 Å². The molecule has 0 heterocycles. The molecule has 0 aliphatic carbocycles. The predicted molar refractivity (Wildman–Crippen MR) is 57.8 cm³/mol. The second kappa shape index (κ2) is 10.4. The summed E-state index contributed by atoms with van der Waals surface area (Å²) in [4.78, 5) is 10.9. The minimum atomic E-state index is -0.328. The average molecular weight is 199 g/mol. The molecule has 3 nitrogen and oxygen atoms in total. The lowest BCUT2D eigenvalue weighted by atomic mass is 10.1. The van der Waals surface area contributed by atoms with Crippen molar-refractivity contribution in [3.8, 4) is 0 Å². The Labute approximate surface area is 87.2 Å². The topological polar surface area (TPSA) is 38.3 Å². The van der Waals surface area contributed by atoms with Gasteiger partial charge in [-0.3, -0.25) is 0 Å². The first-order chi connectivity index (χ1) is 6.81. The highest BCUT2D eigenvalue weighted by Gasteiger charge is 1.98. The minimum absolute atomic E-state index is 0.328. The summed E-state index contributed by atoms with van der Waals surface area (Å²) < 4.78 is 4.80. The van der Waals surface area contributed by atoms with Crippen LogP contribution in [0.4, 0.5) is 4.79 Å². The highest BCUT2D eigenvalue weighted by atomic mass is 16.5. The molecule has 2 radical (unpaired) electrons. The molecular formula is C11H21NO2. The van der Waals surface area contributed by atoms with Crippen molar-refractivity contribution >= 4 is 6.09 Å². The van der Waals surface area contributed by atoms with Gasteiger partial charge in [0.05, 0.1) is 6.61 Å². The van der Waals surface area contributed by atoms with Crippen LogP contribution in [0.1, 0.15) is 38.5 Å². The van der Waals surface area contributed by atoms with Gasteiger partial charge in [-0.25, -0.2) is 4.79 Å². The molecule has 0 unspecified atom stereocenters. The number of nitrogens with one attached hydrogen (secondary N) is 1. The number of unbranched alkanes of at least 4 members (excludes halogenated alkanes) is 4. The van der Waals surface area contributed by atoms with Gasteiger partial charge in [0.1, 0.15) is 0 Å². The molecule has 0 aromatic heterocycles. The third kappa shape index (κ3) is 9.36. The Morgan fingerprint density at radius 2 is 1.79 bits per heavy atom. The summed E-state index contributed by atoms with van der Waals surface area (Å²) in [6.45, 7) is 8.44. The van der Waals surface area contributed by atoms with Crippen molar-refractivity contribution in [1.29, 1.82) is 0 Å². The van der Waals surface area contributed by atoms with Crippen molar-refractivity contribution in [2.75, 3.05) is 13.2 Å². The Morgan fingerprint density at radius 3 is 2.43 bits per heavy atom. The molecule has 0 bridgehead atoms. The summed E-state index contributed by atoms with van der Waals surface area (Å²) in [5.41, 5.74) is 0. The van der Waals surface area contributed by atoms with E-state index in [-0.39, 0.29) is 6.09 Å². The lowest BCUT2D eigenvalue weighted by Gasteiger charge is -2.05. The summed E-state index contributed by atoms with van der Waals surface area (Å²) in [6.07, 6.45) is 5.82. The first kappa shape index (κ1) is 13.3. The molecule has 1 N–H and O–H groups in total. The van der Waals surface area contributed by atoms with E-state index in [1.54, 1.807) is 0 Å². The summed E-state index contributed by atoms with van der Waals surface area (Å²) in [5.74, 6) is 0. The number of alkyl carbamates (subject to hydrolysis) is 1. The van der Waals surface area contributed by atoms with E-state index in [1.165, 1.54) is 12.8 Å². The summed E-state index contributed by atoms with van der Waals surface area (Å²) in [7, 11) is 0. The number of ether oxygens (including phenoxy) is 1. The van der Waals surface area contributed by atoms with Gasteiger partial charge in [-0.15, -0.1) is 0 Å². The van der Waals surface area contributed by atoms with Crippen molar-refractivity contribution < 1.29 is 9.53 Å². The third-order valence-corrected chi connectivity index (χ3v) is 1.82. The Bertz CT molecular complexity index is 137. The Hall–Kier alpha value is -0.730. The van der Waals surface area contributed by atoms with Crippen molar-refractivity contribution in [3.63, 3.8) is 0 Å². The SMILES string of the molecule is [CH2]CCCCCCNC(=O)OCC[CH2]. The highest BCUT2D eigenvalue weighted by Crippen LogP contribution is 2.00. The predicted octanol–water partition coefficient (Wildman–Crippen LogP) is 2.72. The van der Waals surface area contributed by atoms with Crippen LogP contribution < -0.4 is 5.32 Å². The number of hydrogen-bond donors (Lipinski definition) is 1. The van der Waals surface area contributed by atoms with Crippen LogP contribution in [-0.4, -0.2) is 19.2 Å². The molecule has 0 fully saturated rings. The van der Waals surface area contributed by atoms with Gasteiger partial charge in [-0.2, -0.15) is 0 Å². The number of rotatable bonds is 8. The Kier molecular flexibility index (Phi) is 9.81. The first-order valence-corrected chi connectivity index (χ1v) is 5.30. The van der Waals surface area contributed by atoms with Crippen LogP contribution in [-0.2, 0) is 4.74 Å². The molecule has 0 aromatic rings. The van der Waals surface area contributed by atoms with Crippen molar-refractivity contribution in [3.05, 3.63) is 13.8 Å². The van der Waals surface area contributed by atoms with Crippen molar-refractivity contribution in [1.82, 2.24) is 5.32 Å². The van der Waals surface area contributed by atoms with E-state index >= 15 is 0 Å². The molecule has 3 heteroatoms. The van der Waals surface area contributed by atoms with Gasteiger partial charge < -0.3 is 10.1 Å². The van der Waals surface area contributed by atoms with Gasteiger partial charge in [0.15, 0.2) is 0 Å². The van der Waals surface area contributed by atoms with Crippen LogP contribution >= 0.6 is 0 Å². The number of carbonyl (C=O) groups is 1. The Balaban J connectivity index is 3.07. The number of carbonyl (C=O) groups excluding carboxylic acids is 1. The lowest BCUT2D eigenvalue weighted by molar-refractivity contribution is 0.148. The van der Waals surface area contributed by atoms with E-state index in [1.807, 2.05) is 0 Å². The standard InChI is InChI=1S/C11H21NO2/c1-3-5-6-7-8-9-12-11(13)14-10-4-2/h1-10H2,(H,12,13). The summed E-state index contributed by atoms with van der Waals surface area (Å²) in [5, 5.41) is 2.69. The van der Waals surface area contributed by atoms with Crippen molar-refractivity contribution in [2.45, 2.75) is 38.5 Å². The van der Waals surface area contributed by atoms with Gasteiger partial charge >= 0.3 is 6.09 Å². The molecule has 0 aromatic carbocycles. The molecule has 0 atom stereocenters. The smallest absolute Gasteiger partial charge is 0.407 e. The quantitative estimate of drug-likeness (QED) is 0.610. The number of hydrogen-bond acceptors (Lipinski definition) is 2. The molecule has 82 valence electrons. The normalized spacial score (nSPS) is 9.86. The molecule has 0 saturated heterocycles. The molecule has 0 rings (SSSR count). The van der Waals surface area contributed by atoms with E-state index in [0.29, 0.717) is 19.6 Å². The molecule has 14 heavy (non-hydrogen) atoms. The zero-order valence-corrected chi connectivity index (χ0v) is 8.89. The molecule has 0 spiro atoms. The van der Waals surface area contributed by atoms with Crippen LogP contribution in [0, 0.1) is 13.8 Å². The van der Waals surface area contributed by atoms with Crippen LogP contribution in [0.3, 0.4) is 0 Å². The molecule has 0 aliphatic rings. The van der Waals surface area contributed by atoms with Gasteiger partial charge in [0.25, 0.3) is 0 Å². The third-order valence-electron chi connectivity index (χ3n) is 1.82. The monoisotopic (exact) mass is 199 g/mol. The van der Waals surface area contributed by atoms with Crippen molar-refractivity contribution in [2.24, 2.45) is 0 Å². The van der Waals surface area contributed by atoms with Crippen LogP contribution in [0.25, 0.3) is 0 Å². The van der Waals surface area contributed by atoms with Crippen LogP contribution in [0.15, 0.2) is 0 Å². The van der Waals surface area contributed by atoms with E-state index in [4.69, 9.17) is 4.74 Å². The number of amides is 1. The second-order valence-electron chi connectivity index (χ2n) is 3.18. The maximum Gasteiger partial charge on any atom is 0.407 e. The maximum absolute atomic E-state index is 10.9. The molecule has 0 saturated carbocycles. The van der Waals surface area contributed by atoms with E-state index in [0.717, 1.165) is 19.3 Å². The average Bonchev–Trinajstić information content (AvgIpc) is 2.20. The van der Waals surface area contributed by atoms with Gasteiger partial charge in [0.2, 0.25) is 0 Å². The van der Waals surface area contributed by atoms with Gasteiger partial charge in [-0.05, 0) is 19.8 Å². The largest absolute Gasteiger partial charge is 0.450 e. The van der Waals surface area contributed by atoms with Crippen LogP contribution in [0.5, 0.6) is 0 Å². The van der Waals surface area contributed by atoms with E-state index in [9.17, 15) is 4.79 Å². The molecular weight excluding hydrogens is 178 g/mol. The maximum atomic E-state index is 10.9. The zero-order valence-electron chi connectivity index (χ0n) is 8.89. The van der Waals surface area contributed by atoms with E-state index < -0.39 is 0 Å². The minimum Gasteiger partial charge on any atom is -0.450 e. The second-order valence-corrected chi connectivity index (χ2v) is 3.18. The van der Waals surface area contributed by atoms with Gasteiger partial charge in [-0.1, -0.05) is 32.6 Å². The summed E-state index contributed by atoms with van der Waals surface area (Å²) in [6, 6.07) is 0. The first-order valence-electron chi connectivity index (χ1n) is 5.30. The Morgan fingerprint density at radius 1 is 1.07 bits per heavy atom.